The molecule has 0 fully saturated rings. The Balaban J connectivity index is 1.75. The lowest BCUT2D eigenvalue weighted by Gasteiger charge is -2.19. The summed E-state index contributed by atoms with van der Waals surface area (Å²) < 4.78 is 6.69. The number of carboxylic acids is 1. The average Bonchev–Trinajstić information content (AvgIpc) is 3.13. The smallest absolute Gasteiger partial charge is 0.331 e. The largest absolute Gasteiger partial charge is 0.479 e. The van der Waals surface area contributed by atoms with Crippen molar-refractivity contribution in [2.24, 2.45) is 0 Å². The molecule has 1 amide bonds. The number of carboxylic acid groups (broad SMARTS) is 1. The summed E-state index contributed by atoms with van der Waals surface area (Å²) in [6.45, 7) is 4.32. The molecule has 0 aromatic carbocycles. The van der Waals surface area contributed by atoms with Crippen LogP contribution >= 0.6 is 11.3 Å². The van der Waals surface area contributed by atoms with Gasteiger partial charge in [-0.15, -0.1) is 11.3 Å². The topological polar surface area (TPSA) is 93.5 Å². The van der Waals surface area contributed by atoms with Crippen LogP contribution in [0, 0.1) is 0 Å². The molecule has 0 unspecified atom stereocenters. The molecule has 7 nitrogen and oxygen atoms in total. The van der Waals surface area contributed by atoms with Crippen LogP contribution in [-0.2, 0) is 28.1 Å². The van der Waals surface area contributed by atoms with Gasteiger partial charge in [-0.1, -0.05) is 0 Å². The summed E-state index contributed by atoms with van der Waals surface area (Å²) in [5, 5.41) is 16.0. The minimum Gasteiger partial charge on any atom is -0.479 e. The van der Waals surface area contributed by atoms with Crippen LogP contribution in [0.5, 0.6) is 0 Å². The van der Waals surface area contributed by atoms with Crippen molar-refractivity contribution < 1.29 is 19.4 Å². The van der Waals surface area contributed by atoms with Crippen molar-refractivity contribution in [3.63, 3.8) is 0 Å². The zero-order valence-electron chi connectivity index (χ0n) is 12.8. The predicted octanol–water partition coefficient (Wildman–Crippen LogP) is 2.09. The fourth-order valence-corrected chi connectivity index (χ4v) is 3.29. The van der Waals surface area contributed by atoms with Gasteiger partial charge in [0.1, 0.15) is 0 Å². The minimum atomic E-state index is -1.18. The molecular formula is C15H17N3O4S. The first kappa shape index (κ1) is 15.7. The van der Waals surface area contributed by atoms with Crippen molar-refractivity contribution in [2.45, 2.75) is 32.4 Å². The number of hydrogen-bond acceptors (Lipinski definition) is 5. The van der Waals surface area contributed by atoms with Crippen LogP contribution in [0.2, 0.25) is 0 Å². The molecule has 0 saturated carbocycles. The molecular weight excluding hydrogens is 318 g/mol. The average molecular weight is 335 g/mol. The SMILES string of the molecule is CC(C)(C(=O)O)n1cc(NC(=O)c2cc3c(s2)CCOC3)cn1. The van der Waals surface area contributed by atoms with E-state index in [1.165, 1.54) is 33.3 Å². The van der Waals surface area contributed by atoms with Gasteiger partial charge in [-0.3, -0.25) is 9.48 Å². The first-order valence-corrected chi connectivity index (χ1v) is 7.99. The van der Waals surface area contributed by atoms with Gasteiger partial charge in [-0.25, -0.2) is 4.79 Å². The lowest BCUT2D eigenvalue weighted by atomic mass is 10.1. The van der Waals surface area contributed by atoms with E-state index in [-0.39, 0.29) is 5.91 Å². The Kier molecular flexibility index (Phi) is 3.95. The lowest BCUT2D eigenvalue weighted by Crippen LogP contribution is -2.35. The first-order valence-electron chi connectivity index (χ1n) is 7.17. The summed E-state index contributed by atoms with van der Waals surface area (Å²) in [5.74, 6) is -1.22. The Bertz CT molecular complexity index is 739. The van der Waals surface area contributed by atoms with Crippen LogP contribution in [-0.4, -0.2) is 33.4 Å². The summed E-state index contributed by atoms with van der Waals surface area (Å²) >= 11 is 1.47. The Morgan fingerprint density at radius 2 is 2.26 bits per heavy atom. The van der Waals surface area contributed by atoms with Crippen LogP contribution < -0.4 is 5.32 Å². The van der Waals surface area contributed by atoms with Crippen LogP contribution in [0.15, 0.2) is 18.5 Å². The molecule has 23 heavy (non-hydrogen) atoms. The minimum absolute atomic E-state index is 0.225. The van der Waals surface area contributed by atoms with Crippen LogP contribution in [0.25, 0.3) is 0 Å². The quantitative estimate of drug-likeness (QED) is 0.892. The number of carbonyl (C=O) groups is 2. The fourth-order valence-electron chi connectivity index (χ4n) is 2.24. The third kappa shape index (κ3) is 2.99. The number of aliphatic carboxylic acids is 1. The maximum Gasteiger partial charge on any atom is 0.331 e. The molecule has 1 aliphatic heterocycles. The number of rotatable bonds is 4. The first-order chi connectivity index (χ1) is 10.9. The fraction of sp³-hybridized carbons (Fsp3) is 0.400. The van der Waals surface area contributed by atoms with E-state index in [0.29, 0.717) is 23.8 Å². The molecule has 0 atom stereocenters. The van der Waals surface area contributed by atoms with E-state index in [2.05, 4.69) is 10.4 Å². The lowest BCUT2D eigenvalue weighted by molar-refractivity contribution is -0.146. The number of nitrogens with one attached hydrogen (secondary N) is 1. The zero-order valence-corrected chi connectivity index (χ0v) is 13.6. The summed E-state index contributed by atoms with van der Waals surface area (Å²) in [6, 6.07) is 1.85. The second kappa shape index (κ2) is 5.78. The summed E-state index contributed by atoms with van der Waals surface area (Å²) in [6.07, 6.45) is 3.79. The van der Waals surface area contributed by atoms with E-state index < -0.39 is 11.5 Å². The third-order valence-electron chi connectivity index (χ3n) is 3.79. The van der Waals surface area contributed by atoms with Crippen LogP contribution in [0.3, 0.4) is 0 Å². The summed E-state index contributed by atoms with van der Waals surface area (Å²) in [4.78, 5) is 25.4. The maximum absolute atomic E-state index is 12.3. The molecule has 0 saturated heterocycles. The highest BCUT2D eigenvalue weighted by molar-refractivity contribution is 7.14. The Morgan fingerprint density at radius 3 is 2.96 bits per heavy atom. The van der Waals surface area contributed by atoms with Gasteiger partial charge < -0.3 is 15.2 Å². The van der Waals surface area contributed by atoms with Crippen molar-refractivity contribution in [1.29, 1.82) is 0 Å². The monoisotopic (exact) mass is 335 g/mol. The van der Waals surface area contributed by atoms with Crippen LogP contribution in [0.1, 0.15) is 34.0 Å². The molecule has 0 radical (unpaired) electrons. The van der Waals surface area contributed by atoms with Gasteiger partial charge in [0.15, 0.2) is 5.54 Å². The van der Waals surface area contributed by atoms with Gasteiger partial charge in [0, 0.05) is 17.5 Å². The molecule has 122 valence electrons. The van der Waals surface area contributed by atoms with Crippen molar-refractivity contribution in [3.05, 3.63) is 33.8 Å². The molecule has 2 aromatic rings. The van der Waals surface area contributed by atoms with E-state index in [1.54, 1.807) is 13.8 Å². The number of nitrogens with zero attached hydrogens (tertiary/aromatic N) is 2. The molecule has 2 N–H and O–H groups in total. The number of fused-ring (bicyclic) bond motifs is 1. The predicted molar refractivity (Wildman–Crippen MR) is 84.8 cm³/mol. The second-order valence-corrected chi connectivity index (χ2v) is 6.99. The van der Waals surface area contributed by atoms with Gasteiger partial charge in [-0.05, 0) is 25.5 Å². The van der Waals surface area contributed by atoms with Crippen molar-refractivity contribution in [3.8, 4) is 0 Å². The number of thiophene rings is 1. The second-order valence-electron chi connectivity index (χ2n) is 5.85. The van der Waals surface area contributed by atoms with E-state index >= 15 is 0 Å². The highest BCUT2D eigenvalue weighted by Gasteiger charge is 2.30. The third-order valence-corrected chi connectivity index (χ3v) is 5.02. The highest BCUT2D eigenvalue weighted by atomic mass is 32.1. The molecule has 8 heteroatoms. The maximum atomic E-state index is 12.3. The van der Waals surface area contributed by atoms with Gasteiger partial charge in [0.25, 0.3) is 5.91 Å². The summed E-state index contributed by atoms with van der Waals surface area (Å²) in [5.41, 5.74) is 0.351. The van der Waals surface area contributed by atoms with Gasteiger partial charge in [0.2, 0.25) is 0 Å². The standard InChI is InChI=1S/C15H17N3O4S/c1-15(2,14(20)21)18-7-10(6-16-18)17-13(19)12-5-9-8-22-4-3-11(9)23-12/h5-7H,3-4,8H2,1-2H3,(H,17,19)(H,20,21). The number of hydrogen-bond donors (Lipinski definition) is 2. The molecule has 0 spiro atoms. The molecule has 3 rings (SSSR count). The number of anilines is 1. The van der Waals surface area contributed by atoms with Gasteiger partial charge >= 0.3 is 5.97 Å². The Hall–Kier alpha value is -2.19. The van der Waals surface area contributed by atoms with Crippen LogP contribution in [0.4, 0.5) is 5.69 Å². The number of ether oxygens (including phenoxy) is 1. The Labute approximate surface area is 136 Å². The summed E-state index contributed by atoms with van der Waals surface area (Å²) in [7, 11) is 0. The number of carbonyl (C=O) groups excluding carboxylic acids is 1. The molecule has 3 heterocycles. The van der Waals surface area contributed by atoms with E-state index in [1.807, 2.05) is 6.07 Å². The Morgan fingerprint density at radius 1 is 1.48 bits per heavy atom. The number of aromatic nitrogens is 2. The van der Waals surface area contributed by atoms with E-state index in [4.69, 9.17) is 4.74 Å². The van der Waals surface area contributed by atoms with Gasteiger partial charge in [0.05, 0.1) is 30.0 Å². The van der Waals surface area contributed by atoms with Crippen molar-refractivity contribution >= 4 is 28.9 Å². The highest BCUT2D eigenvalue weighted by Crippen LogP contribution is 2.27. The molecule has 2 aromatic heterocycles. The van der Waals surface area contributed by atoms with Gasteiger partial charge in [-0.2, -0.15) is 5.10 Å². The van der Waals surface area contributed by atoms with Crippen molar-refractivity contribution in [1.82, 2.24) is 9.78 Å². The molecule has 0 aliphatic carbocycles. The van der Waals surface area contributed by atoms with E-state index in [9.17, 15) is 14.7 Å². The normalized spacial score (nSPS) is 14.3. The van der Waals surface area contributed by atoms with E-state index in [0.717, 1.165) is 12.0 Å². The number of amides is 1. The zero-order chi connectivity index (χ0) is 16.6. The molecule has 1 aliphatic rings. The van der Waals surface area contributed by atoms with Crippen molar-refractivity contribution in [2.75, 3.05) is 11.9 Å². The molecule has 0 bridgehead atoms.